The van der Waals surface area contributed by atoms with Gasteiger partial charge in [-0.3, -0.25) is 10.1 Å². The van der Waals surface area contributed by atoms with Crippen LogP contribution in [0, 0.1) is 15.9 Å². The second kappa shape index (κ2) is 5.76. The fourth-order valence-corrected chi connectivity index (χ4v) is 2.96. The van der Waals surface area contributed by atoms with Crippen LogP contribution in [0.5, 0.6) is 0 Å². The maximum atomic E-state index is 14.5. The Balaban J connectivity index is 2.00. The predicted molar refractivity (Wildman–Crippen MR) is 89.7 cm³/mol. The number of benzene rings is 2. The third-order valence-corrected chi connectivity index (χ3v) is 4.20. The molecule has 2 aromatic carbocycles. The van der Waals surface area contributed by atoms with Crippen molar-refractivity contribution in [2.24, 2.45) is 0 Å². The molecule has 9 heteroatoms. The van der Waals surface area contributed by atoms with Crippen molar-refractivity contribution in [3.63, 3.8) is 0 Å². The Hall–Kier alpha value is -3.49. The predicted octanol–water partition coefficient (Wildman–Crippen LogP) is 5.22. The molecule has 27 heavy (non-hydrogen) atoms. The van der Waals surface area contributed by atoms with Gasteiger partial charge >= 0.3 is 6.18 Å². The number of hydrogen-bond acceptors (Lipinski definition) is 3. The molecule has 0 atom stereocenters. The Bertz CT molecular complexity index is 1210. The number of nitro benzene ring substituents is 1. The highest BCUT2D eigenvalue weighted by Crippen LogP contribution is 2.34. The highest BCUT2D eigenvalue weighted by Gasteiger charge is 2.31. The summed E-state index contributed by atoms with van der Waals surface area (Å²) in [5.74, 6) is -1.08. The fraction of sp³-hybridized carbons (Fsp3) is 0.0556. The van der Waals surface area contributed by atoms with Crippen molar-refractivity contribution in [3.05, 3.63) is 76.2 Å². The van der Waals surface area contributed by atoms with Gasteiger partial charge in [0.05, 0.1) is 32.7 Å². The van der Waals surface area contributed by atoms with Crippen molar-refractivity contribution in [1.82, 2.24) is 9.38 Å². The number of aromatic nitrogens is 2. The molecule has 136 valence electrons. The van der Waals surface area contributed by atoms with Gasteiger partial charge in [-0.25, -0.2) is 9.37 Å². The average molecular weight is 375 g/mol. The SMILES string of the molecule is O=[N+]([O-])c1ccc2c(c1)nc(-c1ccc(C(F)(F)F)cc1F)c1cccn12. The number of nitro groups is 1. The van der Waals surface area contributed by atoms with Gasteiger partial charge in [0, 0.05) is 23.9 Å². The van der Waals surface area contributed by atoms with Crippen LogP contribution in [0.4, 0.5) is 23.2 Å². The molecule has 0 radical (unpaired) electrons. The van der Waals surface area contributed by atoms with Gasteiger partial charge in [-0.15, -0.1) is 0 Å². The Morgan fingerprint density at radius 2 is 1.81 bits per heavy atom. The number of hydrogen-bond donors (Lipinski definition) is 0. The zero-order valence-electron chi connectivity index (χ0n) is 13.4. The fourth-order valence-electron chi connectivity index (χ4n) is 2.96. The zero-order chi connectivity index (χ0) is 19.3. The van der Waals surface area contributed by atoms with E-state index in [1.807, 2.05) is 0 Å². The maximum Gasteiger partial charge on any atom is 0.416 e. The molecular weight excluding hydrogens is 366 g/mol. The Morgan fingerprint density at radius 1 is 1.04 bits per heavy atom. The van der Waals surface area contributed by atoms with E-state index in [0.717, 1.165) is 12.1 Å². The van der Waals surface area contributed by atoms with E-state index >= 15 is 0 Å². The summed E-state index contributed by atoms with van der Waals surface area (Å²) >= 11 is 0. The number of halogens is 4. The first kappa shape index (κ1) is 17.0. The van der Waals surface area contributed by atoms with Crippen molar-refractivity contribution in [2.45, 2.75) is 6.18 Å². The van der Waals surface area contributed by atoms with Gasteiger partial charge in [0.15, 0.2) is 0 Å². The summed E-state index contributed by atoms with van der Waals surface area (Å²) in [4.78, 5) is 14.7. The molecular formula is C18H9F4N3O2. The van der Waals surface area contributed by atoms with Crippen LogP contribution in [0.3, 0.4) is 0 Å². The topological polar surface area (TPSA) is 60.4 Å². The summed E-state index contributed by atoms with van der Waals surface area (Å²) in [5, 5.41) is 11.0. The van der Waals surface area contributed by atoms with Crippen LogP contribution in [-0.2, 0) is 6.18 Å². The summed E-state index contributed by atoms with van der Waals surface area (Å²) in [7, 11) is 0. The lowest BCUT2D eigenvalue weighted by atomic mass is 10.1. The molecule has 0 bridgehead atoms. The normalized spacial score (nSPS) is 12.0. The lowest BCUT2D eigenvalue weighted by Gasteiger charge is -2.11. The zero-order valence-corrected chi connectivity index (χ0v) is 13.4. The van der Waals surface area contributed by atoms with Gasteiger partial charge in [0.25, 0.3) is 5.69 Å². The summed E-state index contributed by atoms with van der Waals surface area (Å²) in [5.41, 5.74) is -0.0832. The van der Waals surface area contributed by atoms with Crippen molar-refractivity contribution in [3.8, 4) is 11.3 Å². The first-order chi connectivity index (χ1) is 12.8. The minimum absolute atomic E-state index is 0.0965. The lowest BCUT2D eigenvalue weighted by molar-refractivity contribution is -0.384. The first-order valence-corrected chi connectivity index (χ1v) is 7.68. The standard InChI is InChI=1S/C18H9F4N3O2/c19-13-8-10(18(20,21)22)3-5-12(13)17-16-2-1-7-24(16)15-6-4-11(25(26)27)9-14(15)23-17/h1-9H. The second-order valence-corrected chi connectivity index (χ2v) is 5.85. The Kier molecular flexibility index (Phi) is 3.62. The maximum absolute atomic E-state index is 14.5. The summed E-state index contributed by atoms with van der Waals surface area (Å²) < 4.78 is 54.5. The molecule has 0 aliphatic rings. The van der Waals surface area contributed by atoms with E-state index in [1.54, 1.807) is 22.7 Å². The first-order valence-electron chi connectivity index (χ1n) is 7.68. The summed E-state index contributed by atoms with van der Waals surface area (Å²) in [6.45, 7) is 0. The molecule has 0 saturated heterocycles. The van der Waals surface area contributed by atoms with E-state index in [-0.39, 0.29) is 22.5 Å². The van der Waals surface area contributed by atoms with Gasteiger partial charge in [0.1, 0.15) is 5.82 Å². The quantitative estimate of drug-likeness (QED) is 0.274. The molecule has 2 aromatic heterocycles. The minimum Gasteiger partial charge on any atom is -0.313 e. The van der Waals surface area contributed by atoms with Crippen molar-refractivity contribution >= 4 is 22.2 Å². The highest BCUT2D eigenvalue weighted by atomic mass is 19.4. The van der Waals surface area contributed by atoms with Crippen LogP contribution in [0.15, 0.2) is 54.7 Å². The Morgan fingerprint density at radius 3 is 2.48 bits per heavy atom. The number of rotatable bonds is 2. The number of fused-ring (bicyclic) bond motifs is 3. The van der Waals surface area contributed by atoms with Gasteiger partial charge in [-0.05, 0) is 36.4 Å². The van der Waals surface area contributed by atoms with Crippen molar-refractivity contribution in [1.29, 1.82) is 0 Å². The third kappa shape index (κ3) is 2.77. The van der Waals surface area contributed by atoms with E-state index in [0.29, 0.717) is 17.1 Å². The van der Waals surface area contributed by atoms with Gasteiger partial charge < -0.3 is 4.40 Å². The molecule has 4 rings (SSSR count). The van der Waals surface area contributed by atoms with Crippen LogP contribution in [-0.4, -0.2) is 14.3 Å². The van der Waals surface area contributed by atoms with Crippen LogP contribution >= 0.6 is 0 Å². The largest absolute Gasteiger partial charge is 0.416 e. The minimum atomic E-state index is -4.67. The smallest absolute Gasteiger partial charge is 0.313 e. The second-order valence-electron chi connectivity index (χ2n) is 5.85. The Labute approximate surface area is 148 Å². The lowest BCUT2D eigenvalue weighted by Crippen LogP contribution is -2.06. The molecule has 0 fully saturated rings. The number of nitrogens with zero attached hydrogens (tertiary/aromatic N) is 3. The van der Waals surface area contributed by atoms with E-state index < -0.39 is 22.5 Å². The molecule has 0 spiro atoms. The summed E-state index contributed by atoms with van der Waals surface area (Å²) in [6.07, 6.45) is -3.00. The molecule has 0 aliphatic carbocycles. The van der Waals surface area contributed by atoms with Crippen molar-refractivity contribution in [2.75, 3.05) is 0 Å². The average Bonchev–Trinajstić information content (AvgIpc) is 3.09. The van der Waals surface area contributed by atoms with Gasteiger partial charge in [-0.2, -0.15) is 13.2 Å². The molecule has 4 aromatic rings. The molecule has 0 unspecified atom stereocenters. The van der Waals surface area contributed by atoms with E-state index in [2.05, 4.69) is 4.98 Å². The molecule has 0 amide bonds. The molecule has 5 nitrogen and oxygen atoms in total. The van der Waals surface area contributed by atoms with Crippen LogP contribution < -0.4 is 0 Å². The summed E-state index contributed by atoms with van der Waals surface area (Å²) in [6, 6.07) is 9.58. The van der Waals surface area contributed by atoms with Crippen LogP contribution in [0.25, 0.3) is 27.8 Å². The number of non-ortho nitro benzene ring substituents is 1. The van der Waals surface area contributed by atoms with E-state index in [1.165, 1.54) is 18.2 Å². The molecule has 2 heterocycles. The third-order valence-electron chi connectivity index (χ3n) is 4.20. The van der Waals surface area contributed by atoms with Crippen LogP contribution in [0.1, 0.15) is 5.56 Å². The van der Waals surface area contributed by atoms with Crippen LogP contribution in [0.2, 0.25) is 0 Å². The molecule has 0 aliphatic heterocycles. The monoisotopic (exact) mass is 375 g/mol. The van der Waals surface area contributed by atoms with Gasteiger partial charge in [0.2, 0.25) is 0 Å². The molecule has 0 saturated carbocycles. The van der Waals surface area contributed by atoms with E-state index in [9.17, 15) is 27.7 Å². The van der Waals surface area contributed by atoms with E-state index in [4.69, 9.17) is 0 Å². The van der Waals surface area contributed by atoms with Gasteiger partial charge in [-0.1, -0.05) is 0 Å². The molecule has 0 N–H and O–H groups in total. The number of alkyl halides is 3. The highest BCUT2D eigenvalue weighted by molar-refractivity contribution is 5.88. The van der Waals surface area contributed by atoms with Crippen molar-refractivity contribution < 1.29 is 22.5 Å².